The van der Waals surface area contributed by atoms with E-state index in [1.807, 2.05) is 0 Å². The van der Waals surface area contributed by atoms with Crippen molar-refractivity contribution in [3.05, 3.63) is 35.4 Å². The molecule has 1 fully saturated rings. The van der Waals surface area contributed by atoms with E-state index >= 15 is 0 Å². The number of nitrogens with two attached hydrogens (primary N) is 1. The normalized spacial score (nSPS) is 17.0. The molecule has 1 saturated heterocycles. The van der Waals surface area contributed by atoms with E-state index in [0.717, 1.165) is 32.1 Å². The third-order valence-corrected chi connectivity index (χ3v) is 4.05. The molecule has 0 spiro atoms. The smallest absolute Gasteiger partial charge is 0.130 e. The summed E-state index contributed by atoms with van der Waals surface area (Å²) in [5.74, 6) is -1.23. The van der Waals surface area contributed by atoms with E-state index in [1.54, 1.807) is 0 Å². The van der Waals surface area contributed by atoms with E-state index in [4.69, 9.17) is 5.73 Å². The van der Waals surface area contributed by atoms with Crippen LogP contribution in [0.15, 0.2) is 18.2 Å². The molecule has 0 atom stereocenters. The minimum absolute atomic E-state index is 0. The van der Waals surface area contributed by atoms with Gasteiger partial charge in [-0.1, -0.05) is 6.07 Å². The molecule has 2 rings (SSSR count). The van der Waals surface area contributed by atoms with Crippen molar-refractivity contribution in [1.29, 1.82) is 5.26 Å². The Morgan fingerprint density at radius 1 is 1.23 bits per heavy atom. The fourth-order valence-corrected chi connectivity index (χ4v) is 2.79. The summed E-state index contributed by atoms with van der Waals surface area (Å²) in [6.45, 7) is 3.03. The summed E-state index contributed by atoms with van der Waals surface area (Å²) in [6.07, 6.45) is 2.05. The molecule has 2 N–H and O–H groups in total. The highest BCUT2D eigenvalue weighted by Gasteiger charge is 2.38. The van der Waals surface area contributed by atoms with Crippen molar-refractivity contribution in [2.75, 3.05) is 26.2 Å². The minimum Gasteiger partial charge on any atom is -0.330 e. The van der Waals surface area contributed by atoms with E-state index < -0.39 is 17.0 Å². The van der Waals surface area contributed by atoms with Gasteiger partial charge >= 0.3 is 0 Å². The SMILES string of the molecule is Cl.Cl.N#CC1(c2ccc(F)cc2F)CCN(CCCN)CC1. The summed E-state index contributed by atoms with van der Waals surface area (Å²) in [5, 5.41) is 9.50. The molecule has 0 saturated carbocycles. The Balaban J connectivity index is 0.00000220. The summed E-state index contributed by atoms with van der Waals surface area (Å²) in [4.78, 5) is 2.24. The predicted octanol–water partition coefficient (Wildman–Crippen LogP) is 3.01. The van der Waals surface area contributed by atoms with Crippen LogP contribution in [0.25, 0.3) is 0 Å². The van der Waals surface area contributed by atoms with E-state index in [0.29, 0.717) is 24.9 Å². The van der Waals surface area contributed by atoms with Gasteiger partial charge in [0.15, 0.2) is 0 Å². The molecule has 1 aliphatic rings. The van der Waals surface area contributed by atoms with Gasteiger partial charge < -0.3 is 10.6 Å². The molecule has 1 aromatic rings. The quantitative estimate of drug-likeness (QED) is 0.906. The van der Waals surface area contributed by atoms with E-state index in [2.05, 4.69) is 11.0 Å². The number of hydrogen-bond donors (Lipinski definition) is 1. The molecule has 0 amide bonds. The summed E-state index contributed by atoms with van der Waals surface area (Å²) in [7, 11) is 0. The van der Waals surface area contributed by atoms with Crippen molar-refractivity contribution in [3.63, 3.8) is 0 Å². The first-order valence-electron chi connectivity index (χ1n) is 6.90. The van der Waals surface area contributed by atoms with Crippen LogP contribution in [0.4, 0.5) is 8.78 Å². The molecule has 3 nitrogen and oxygen atoms in total. The second-order valence-corrected chi connectivity index (χ2v) is 5.30. The third kappa shape index (κ3) is 4.53. The Bertz CT molecular complexity index is 512. The summed E-state index contributed by atoms with van der Waals surface area (Å²) in [5.41, 5.74) is 4.97. The Kier molecular flexibility index (Phi) is 8.87. The zero-order chi connectivity index (χ0) is 14.6. The Hall–Kier alpha value is -0.930. The molecule has 0 radical (unpaired) electrons. The van der Waals surface area contributed by atoms with Crippen LogP contribution in [-0.2, 0) is 5.41 Å². The molecular formula is C15H21Cl2F2N3. The second kappa shape index (κ2) is 9.26. The van der Waals surface area contributed by atoms with Crippen LogP contribution in [0.1, 0.15) is 24.8 Å². The van der Waals surface area contributed by atoms with Gasteiger partial charge in [0.2, 0.25) is 0 Å². The van der Waals surface area contributed by atoms with Crippen molar-refractivity contribution in [2.24, 2.45) is 5.73 Å². The molecule has 7 heteroatoms. The maximum Gasteiger partial charge on any atom is 0.130 e. The van der Waals surface area contributed by atoms with Gasteiger partial charge in [-0.15, -0.1) is 24.8 Å². The number of rotatable bonds is 4. The predicted molar refractivity (Wildman–Crippen MR) is 87.5 cm³/mol. The Labute approximate surface area is 142 Å². The average molecular weight is 352 g/mol. The molecule has 0 unspecified atom stereocenters. The average Bonchev–Trinajstić information content (AvgIpc) is 2.46. The number of halogens is 4. The fraction of sp³-hybridized carbons (Fsp3) is 0.533. The zero-order valence-electron chi connectivity index (χ0n) is 12.2. The van der Waals surface area contributed by atoms with Crippen molar-refractivity contribution < 1.29 is 8.78 Å². The van der Waals surface area contributed by atoms with E-state index in [9.17, 15) is 14.0 Å². The second-order valence-electron chi connectivity index (χ2n) is 5.30. The van der Waals surface area contributed by atoms with Crippen LogP contribution in [0.2, 0.25) is 0 Å². The van der Waals surface area contributed by atoms with Crippen molar-refractivity contribution in [3.8, 4) is 6.07 Å². The molecule has 1 aliphatic heterocycles. The highest BCUT2D eigenvalue weighted by Crippen LogP contribution is 2.36. The lowest BCUT2D eigenvalue weighted by molar-refractivity contribution is 0.183. The summed E-state index contributed by atoms with van der Waals surface area (Å²) in [6, 6.07) is 5.74. The molecule has 124 valence electrons. The van der Waals surface area contributed by atoms with Crippen LogP contribution in [0.3, 0.4) is 0 Å². The lowest BCUT2D eigenvalue weighted by Gasteiger charge is -2.37. The number of likely N-dealkylation sites (tertiary alicyclic amines) is 1. The van der Waals surface area contributed by atoms with E-state index in [1.165, 1.54) is 12.1 Å². The largest absolute Gasteiger partial charge is 0.330 e. The van der Waals surface area contributed by atoms with Crippen LogP contribution >= 0.6 is 24.8 Å². The van der Waals surface area contributed by atoms with Gasteiger partial charge in [-0.2, -0.15) is 5.26 Å². The molecule has 0 aliphatic carbocycles. The lowest BCUT2D eigenvalue weighted by atomic mass is 9.73. The van der Waals surface area contributed by atoms with Gasteiger partial charge in [-0.05, 0) is 51.5 Å². The van der Waals surface area contributed by atoms with Gasteiger partial charge in [0, 0.05) is 11.6 Å². The van der Waals surface area contributed by atoms with Gasteiger partial charge in [0.05, 0.1) is 11.5 Å². The van der Waals surface area contributed by atoms with Crippen LogP contribution < -0.4 is 5.73 Å². The first-order chi connectivity index (χ1) is 9.61. The minimum atomic E-state index is -0.836. The third-order valence-electron chi connectivity index (χ3n) is 4.05. The molecule has 0 bridgehead atoms. The monoisotopic (exact) mass is 351 g/mol. The fourth-order valence-electron chi connectivity index (χ4n) is 2.79. The standard InChI is InChI=1S/C15H19F2N3.2ClH/c16-12-2-3-13(14(17)10-12)15(11-19)4-8-20(9-5-15)7-1-6-18;;/h2-3,10H,1,4-9,18H2;2*1H. The number of hydrogen-bond acceptors (Lipinski definition) is 3. The summed E-state index contributed by atoms with van der Waals surface area (Å²) < 4.78 is 26.9. The highest BCUT2D eigenvalue weighted by molar-refractivity contribution is 5.85. The van der Waals surface area contributed by atoms with Gasteiger partial charge in [0.1, 0.15) is 11.6 Å². The number of benzene rings is 1. The van der Waals surface area contributed by atoms with Crippen molar-refractivity contribution >= 4 is 24.8 Å². The first kappa shape index (κ1) is 21.1. The van der Waals surface area contributed by atoms with Gasteiger partial charge in [-0.3, -0.25) is 0 Å². The van der Waals surface area contributed by atoms with Crippen LogP contribution in [-0.4, -0.2) is 31.1 Å². The highest BCUT2D eigenvalue weighted by atomic mass is 35.5. The number of nitriles is 1. The summed E-state index contributed by atoms with van der Waals surface area (Å²) >= 11 is 0. The molecular weight excluding hydrogens is 331 g/mol. The molecule has 22 heavy (non-hydrogen) atoms. The Morgan fingerprint density at radius 2 is 1.86 bits per heavy atom. The van der Waals surface area contributed by atoms with Gasteiger partial charge in [0.25, 0.3) is 0 Å². The van der Waals surface area contributed by atoms with E-state index in [-0.39, 0.29) is 24.8 Å². The number of nitrogens with zero attached hydrogens (tertiary/aromatic N) is 2. The van der Waals surface area contributed by atoms with Crippen LogP contribution in [0, 0.1) is 23.0 Å². The zero-order valence-corrected chi connectivity index (χ0v) is 13.9. The van der Waals surface area contributed by atoms with Crippen LogP contribution in [0.5, 0.6) is 0 Å². The first-order valence-corrected chi connectivity index (χ1v) is 6.90. The van der Waals surface area contributed by atoms with Gasteiger partial charge in [-0.25, -0.2) is 8.78 Å². The van der Waals surface area contributed by atoms with Crippen molar-refractivity contribution in [2.45, 2.75) is 24.7 Å². The maximum atomic E-state index is 13.9. The van der Waals surface area contributed by atoms with Crippen molar-refractivity contribution in [1.82, 2.24) is 4.90 Å². The molecule has 0 aromatic heterocycles. The molecule has 1 aromatic carbocycles. The number of piperidine rings is 1. The maximum absolute atomic E-state index is 13.9. The molecule has 1 heterocycles. The topological polar surface area (TPSA) is 53.0 Å². The Morgan fingerprint density at radius 3 is 2.36 bits per heavy atom. The lowest BCUT2D eigenvalue weighted by Crippen LogP contribution is -2.43.